The van der Waals surface area contributed by atoms with E-state index < -0.39 is 0 Å². The van der Waals surface area contributed by atoms with Crippen LogP contribution in [0.25, 0.3) is 0 Å². The predicted octanol–water partition coefficient (Wildman–Crippen LogP) is 8.61. The Hall–Kier alpha value is -0.160. The average Bonchev–Trinajstić information content (AvgIpc) is 2.83. The number of aliphatic hydroxyl groups is 4. The standard InChI is InChI=1S/C32H66O4/c1-30(34)29-32(36)26-24-22-20-18-16-14-12-10-8-6-4-2-3-5-7-9-11-13-15-17-19-21-23-25-31(35)27-28-33/h30-36H,2-29H2,1H3. The maximum atomic E-state index is 9.75. The first-order valence-corrected chi connectivity index (χ1v) is 16.2. The van der Waals surface area contributed by atoms with Crippen LogP contribution in [-0.2, 0) is 0 Å². The van der Waals surface area contributed by atoms with Crippen LogP contribution in [0.2, 0.25) is 0 Å². The van der Waals surface area contributed by atoms with Crippen LogP contribution in [0.5, 0.6) is 0 Å². The Morgan fingerprint density at radius 2 is 0.611 bits per heavy atom. The number of rotatable bonds is 30. The zero-order valence-corrected chi connectivity index (χ0v) is 24.3. The molecule has 0 bridgehead atoms. The molecule has 0 aromatic carbocycles. The summed E-state index contributed by atoms with van der Waals surface area (Å²) in [6, 6.07) is 0. The highest BCUT2D eigenvalue weighted by molar-refractivity contribution is 4.60. The SMILES string of the molecule is CC(O)CC(O)CCCCCCCCCCCCCCCCCCCCCCCCCC(O)CCO. The Morgan fingerprint density at radius 1 is 0.361 bits per heavy atom. The number of unbranched alkanes of at least 4 members (excludes halogenated alkanes) is 22. The molecule has 0 heterocycles. The van der Waals surface area contributed by atoms with Crippen LogP contribution in [0.15, 0.2) is 0 Å². The zero-order chi connectivity index (χ0) is 26.5. The molecule has 0 spiro atoms. The van der Waals surface area contributed by atoms with E-state index in [1.54, 1.807) is 6.92 Å². The van der Waals surface area contributed by atoms with Gasteiger partial charge in [-0.3, -0.25) is 0 Å². The first-order valence-electron chi connectivity index (χ1n) is 16.2. The van der Waals surface area contributed by atoms with Gasteiger partial charge in [0.1, 0.15) is 0 Å². The zero-order valence-electron chi connectivity index (χ0n) is 24.3. The van der Waals surface area contributed by atoms with Crippen molar-refractivity contribution < 1.29 is 20.4 Å². The van der Waals surface area contributed by atoms with E-state index in [0.29, 0.717) is 12.8 Å². The molecule has 3 unspecified atom stereocenters. The summed E-state index contributed by atoms with van der Waals surface area (Å²) in [6.45, 7) is 1.85. The Bertz CT molecular complexity index is 402. The van der Waals surface area contributed by atoms with Gasteiger partial charge < -0.3 is 20.4 Å². The minimum absolute atomic E-state index is 0.103. The molecule has 0 amide bonds. The van der Waals surface area contributed by atoms with Crippen LogP contribution in [-0.4, -0.2) is 45.3 Å². The smallest absolute Gasteiger partial charge is 0.0564 e. The highest BCUT2D eigenvalue weighted by Crippen LogP contribution is 2.16. The Morgan fingerprint density at radius 3 is 0.861 bits per heavy atom. The molecule has 0 saturated carbocycles. The molecule has 0 aliphatic carbocycles. The summed E-state index contributed by atoms with van der Waals surface area (Å²) in [5.41, 5.74) is 0. The van der Waals surface area contributed by atoms with Crippen molar-refractivity contribution >= 4 is 0 Å². The van der Waals surface area contributed by atoms with Gasteiger partial charge >= 0.3 is 0 Å². The third-order valence-electron chi connectivity index (χ3n) is 7.65. The average molecular weight is 515 g/mol. The van der Waals surface area contributed by atoms with Crippen LogP contribution >= 0.6 is 0 Å². The summed E-state index contributed by atoms with van der Waals surface area (Å²) < 4.78 is 0. The molecular formula is C32H66O4. The van der Waals surface area contributed by atoms with Crippen LogP contribution in [0.3, 0.4) is 0 Å². The van der Waals surface area contributed by atoms with Gasteiger partial charge in [0, 0.05) is 6.61 Å². The molecule has 36 heavy (non-hydrogen) atoms. The molecule has 4 heteroatoms. The second-order valence-corrected chi connectivity index (χ2v) is 11.6. The van der Waals surface area contributed by atoms with E-state index in [1.807, 2.05) is 0 Å². The summed E-state index contributed by atoms with van der Waals surface area (Å²) >= 11 is 0. The molecule has 0 aliphatic heterocycles. The van der Waals surface area contributed by atoms with E-state index in [4.69, 9.17) is 5.11 Å². The molecular weight excluding hydrogens is 448 g/mol. The Kier molecular flexibility index (Phi) is 29.3. The largest absolute Gasteiger partial charge is 0.396 e. The summed E-state index contributed by atoms with van der Waals surface area (Å²) in [6.07, 6.45) is 32.8. The molecule has 0 aromatic rings. The number of hydrogen-bond donors (Lipinski definition) is 4. The summed E-state index contributed by atoms with van der Waals surface area (Å²) in [7, 11) is 0. The molecule has 0 fully saturated rings. The van der Waals surface area contributed by atoms with Gasteiger partial charge in [-0.05, 0) is 32.6 Å². The summed E-state index contributed by atoms with van der Waals surface area (Å²) in [5.74, 6) is 0. The second-order valence-electron chi connectivity index (χ2n) is 11.6. The first kappa shape index (κ1) is 35.8. The monoisotopic (exact) mass is 514 g/mol. The van der Waals surface area contributed by atoms with Gasteiger partial charge in [0.15, 0.2) is 0 Å². The Labute approximate surface area is 225 Å². The lowest BCUT2D eigenvalue weighted by molar-refractivity contribution is 0.0834. The molecule has 218 valence electrons. The van der Waals surface area contributed by atoms with E-state index in [2.05, 4.69) is 0 Å². The first-order chi connectivity index (χ1) is 17.6. The lowest BCUT2D eigenvalue weighted by atomic mass is 10.0. The fourth-order valence-corrected chi connectivity index (χ4v) is 5.28. The third kappa shape index (κ3) is 30.1. The molecule has 0 radical (unpaired) electrons. The van der Waals surface area contributed by atoms with E-state index in [9.17, 15) is 15.3 Å². The molecule has 3 atom stereocenters. The van der Waals surface area contributed by atoms with Crippen LogP contribution in [0.4, 0.5) is 0 Å². The number of aliphatic hydroxyl groups excluding tert-OH is 4. The predicted molar refractivity (Wildman–Crippen MR) is 155 cm³/mol. The van der Waals surface area contributed by atoms with Gasteiger partial charge in [-0.2, -0.15) is 0 Å². The minimum Gasteiger partial charge on any atom is -0.396 e. The highest BCUT2D eigenvalue weighted by atomic mass is 16.3. The van der Waals surface area contributed by atoms with Crippen molar-refractivity contribution in [2.45, 2.75) is 199 Å². The highest BCUT2D eigenvalue weighted by Gasteiger charge is 2.07. The van der Waals surface area contributed by atoms with Crippen molar-refractivity contribution in [2.24, 2.45) is 0 Å². The maximum absolute atomic E-state index is 9.75. The van der Waals surface area contributed by atoms with Crippen molar-refractivity contribution in [3.05, 3.63) is 0 Å². The van der Waals surface area contributed by atoms with Crippen molar-refractivity contribution in [1.29, 1.82) is 0 Å². The fraction of sp³-hybridized carbons (Fsp3) is 1.00. The molecule has 4 N–H and O–H groups in total. The van der Waals surface area contributed by atoms with Crippen molar-refractivity contribution in [2.75, 3.05) is 6.61 Å². The van der Waals surface area contributed by atoms with Gasteiger partial charge in [0.25, 0.3) is 0 Å². The van der Waals surface area contributed by atoms with E-state index in [0.717, 1.165) is 25.7 Å². The van der Waals surface area contributed by atoms with Crippen molar-refractivity contribution in [1.82, 2.24) is 0 Å². The van der Waals surface area contributed by atoms with Gasteiger partial charge in [-0.1, -0.05) is 148 Å². The summed E-state index contributed by atoms with van der Waals surface area (Å²) in [4.78, 5) is 0. The fourth-order valence-electron chi connectivity index (χ4n) is 5.28. The van der Waals surface area contributed by atoms with Crippen molar-refractivity contribution in [3.63, 3.8) is 0 Å². The van der Waals surface area contributed by atoms with Crippen molar-refractivity contribution in [3.8, 4) is 0 Å². The van der Waals surface area contributed by atoms with E-state index >= 15 is 0 Å². The lowest BCUT2D eigenvalue weighted by Gasteiger charge is -2.11. The van der Waals surface area contributed by atoms with Crippen LogP contribution < -0.4 is 0 Å². The van der Waals surface area contributed by atoms with E-state index in [1.165, 1.54) is 135 Å². The molecule has 4 nitrogen and oxygen atoms in total. The molecule has 0 rings (SSSR count). The van der Waals surface area contributed by atoms with E-state index in [-0.39, 0.29) is 24.9 Å². The lowest BCUT2D eigenvalue weighted by Crippen LogP contribution is -2.14. The summed E-state index contributed by atoms with van der Waals surface area (Å²) in [5, 5.41) is 37.4. The quantitative estimate of drug-likeness (QED) is 0.0723. The van der Waals surface area contributed by atoms with Gasteiger partial charge in [0.2, 0.25) is 0 Å². The van der Waals surface area contributed by atoms with Crippen LogP contribution in [0, 0.1) is 0 Å². The third-order valence-corrected chi connectivity index (χ3v) is 7.65. The number of hydrogen-bond acceptors (Lipinski definition) is 4. The van der Waals surface area contributed by atoms with Gasteiger partial charge in [-0.15, -0.1) is 0 Å². The van der Waals surface area contributed by atoms with Crippen LogP contribution in [0.1, 0.15) is 180 Å². The normalized spacial score (nSPS) is 14.2. The molecule has 0 saturated heterocycles. The second kappa shape index (κ2) is 29.4. The Balaban J connectivity index is 3.09. The topological polar surface area (TPSA) is 80.9 Å². The van der Waals surface area contributed by atoms with Gasteiger partial charge in [0.05, 0.1) is 18.3 Å². The minimum atomic E-state index is -0.385. The van der Waals surface area contributed by atoms with Gasteiger partial charge in [-0.25, -0.2) is 0 Å². The molecule has 0 aliphatic rings. The molecule has 0 aromatic heterocycles. The maximum Gasteiger partial charge on any atom is 0.0564 e.